The molecule has 4 bridgehead atoms. The molecule has 4 fully saturated rings. The van der Waals surface area contributed by atoms with Crippen LogP contribution in [0.5, 0.6) is 0 Å². The van der Waals surface area contributed by atoms with Crippen molar-refractivity contribution in [3.05, 3.63) is 35.4 Å². The second kappa shape index (κ2) is 8.19. The summed E-state index contributed by atoms with van der Waals surface area (Å²) in [5.74, 6) is 2.47. The summed E-state index contributed by atoms with van der Waals surface area (Å²) in [4.78, 5) is 24.9. The Morgan fingerprint density at radius 1 is 0.963 bits per heavy atom. The van der Waals surface area contributed by atoms with Crippen molar-refractivity contribution in [2.45, 2.75) is 45.1 Å². The Morgan fingerprint density at radius 2 is 1.52 bits per heavy atom. The van der Waals surface area contributed by atoms with E-state index in [4.69, 9.17) is 5.73 Å². The molecule has 2 amide bonds. The van der Waals surface area contributed by atoms with Gasteiger partial charge in [-0.2, -0.15) is 0 Å². The Bertz CT molecular complexity index is 654. The first-order valence-corrected chi connectivity index (χ1v) is 9.93. The fourth-order valence-corrected chi connectivity index (χ4v) is 5.82. The molecular formula is C21H30ClN3O2. The molecular weight excluding hydrogens is 362 g/mol. The van der Waals surface area contributed by atoms with Gasteiger partial charge in [-0.25, -0.2) is 0 Å². The number of halogens is 1. The summed E-state index contributed by atoms with van der Waals surface area (Å²) in [5, 5.41) is 5.94. The van der Waals surface area contributed by atoms with E-state index in [2.05, 4.69) is 10.6 Å². The van der Waals surface area contributed by atoms with E-state index in [1.54, 1.807) is 12.1 Å². The Labute approximate surface area is 167 Å². The molecule has 5 nitrogen and oxygen atoms in total. The van der Waals surface area contributed by atoms with Crippen LogP contribution in [-0.2, 0) is 11.3 Å². The van der Waals surface area contributed by atoms with Gasteiger partial charge in [0, 0.05) is 30.6 Å². The largest absolute Gasteiger partial charge is 0.352 e. The van der Waals surface area contributed by atoms with Crippen molar-refractivity contribution in [3.8, 4) is 0 Å². The molecule has 0 spiro atoms. The second-order valence-corrected chi connectivity index (χ2v) is 8.62. The summed E-state index contributed by atoms with van der Waals surface area (Å²) in [6.07, 6.45) is 7.31. The minimum absolute atomic E-state index is 0. The van der Waals surface area contributed by atoms with Gasteiger partial charge in [-0.1, -0.05) is 12.1 Å². The summed E-state index contributed by atoms with van der Waals surface area (Å²) in [5.41, 5.74) is 6.95. The van der Waals surface area contributed by atoms with Crippen LogP contribution < -0.4 is 16.4 Å². The first-order chi connectivity index (χ1) is 12.6. The highest BCUT2D eigenvalue weighted by atomic mass is 35.5. The molecule has 0 aliphatic heterocycles. The number of amides is 2. The van der Waals surface area contributed by atoms with Crippen LogP contribution in [0.4, 0.5) is 0 Å². The maximum absolute atomic E-state index is 13.0. The fourth-order valence-electron chi connectivity index (χ4n) is 5.82. The summed E-state index contributed by atoms with van der Waals surface area (Å²) in [6.45, 7) is 1.44. The lowest BCUT2D eigenvalue weighted by molar-refractivity contribution is -0.146. The van der Waals surface area contributed by atoms with Crippen LogP contribution in [0, 0.1) is 23.2 Å². The highest BCUT2D eigenvalue weighted by Gasteiger charge is 2.54. The monoisotopic (exact) mass is 391 g/mol. The third-order valence-corrected chi connectivity index (χ3v) is 6.62. The molecule has 4 N–H and O–H groups in total. The minimum Gasteiger partial charge on any atom is -0.352 e. The standard InChI is InChI=1S/C21H29N3O2.ClH/c22-5-6-23-19(25)18-3-1-14(2-4-18)13-24-20(26)21-10-15-7-16(11-21)9-17(8-15)12-21;/h1-4,15-17H,5-13,22H2,(H,23,25)(H,24,26);1H. The molecule has 0 saturated heterocycles. The van der Waals surface area contributed by atoms with E-state index >= 15 is 0 Å². The fraction of sp³-hybridized carbons (Fsp3) is 0.619. The quantitative estimate of drug-likeness (QED) is 0.696. The van der Waals surface area contributed by atoms with E-state index < -0.39 is 0 Å². The molecule has 0 unspecified atom stereocenters. The molecule has 4 aliphatic rings. The van der Waals surface area contributed by atoms with Crippen molar-refractivity contribution >= 4 is 24.2 Å². The van der Waals surface area contributed by atoms with Crippen molar-refractivity contribution in [3.63, 3.8) is 0 Å². The maximum Gasteiger partial charge on any atom is 0.251 e. The van der Waals surface area contributed by atoms with Crippen molar-refractivity contribution < 1.29 is 9.59 Å². The molecule has 0 atom stereocenters. The third kappa shape index (κ3) is 4.14. The molecule has 0 heterocycles. The number of nitrogens with one attached hydrogen (secondary N) is 2. The summed E-state index contributed by atoms with van der Waals surface area (Å²) >= 11 is 0. The van der Waals surface area contributed by atoms with E-state index in [1.165, 1.54) is 19.3 Å². The maximum atomic E-state index is 13.0. The van der Waals surface area contributed by atoms with Gasteiger partial charge in [0.25, 0.3) is 5.91 Å². The van der Waals surface area contributed by atoms with Gasteiger partial charge in [-0.05, 0) is 74.0 Å². The topological polar surface area (TPSA) is 84.2 Å². The number of hydrogen-bond acceptors (Lipinski definition) is 3. The van der Waals surface area contributed by atoms with E-state index in [-0.39, 0.29) is 29.6 Å². The molecule has 6 heteroatoms. The average molecular weight is 392 g/mol. The predicted octanol–water partition coefficient (Wildman–Crippen LogP) is 2.63. The number of rotatable bonds is 6. The van der Waals surface area contributed by atoms with Gasteiger partial charge >= 0.3 is 0 Å². The average Bonchev–Trinajstić information content (AvgIpc) is 2.63. The normalized spacial score (nSPS) is 30.5. The number of benzene rings is 1. The van der Waals surface area contributed by atoms with Crippen molar-refractivity contribution in [2.24, 2.45) is 28.9 Å². The zero-order valence-corrected chi connectivity index (χ0v) is 16.5. The van der Waals surface area contributed by atoms with Gasteiger partial charge in [0.15, 0.2) is 0 Å². The number of carbonyl (C=O) groups is 2. The molecule has 4 aliphatic carbocycles. The summed E-state index contributed by atoms with van der Waals surface area (Å²) < 4.78 is 0. The molecule has 148 valence electrons. The molecule has 1 aromatic rings. The lowest BCUT2D eigenvalue weighted by atomic mass is 9.49. The highest BCUT2D eigenvalue weighted by molar-refractivity contribution is 5.94. The smallest absolute Gasteiger partial charge is 0.251 e. The highest BCUT2D eigenvalue weighted by Crippen LogP contribution is 2.60. The zero-order chi connectivity index (χ0) is 18.1. The molecule has 1 aromatic carbocycles. The number of hydrogen-bond donors (Lipinski definition) is 3. The van der Waals surface area contributed by atoms with Crippen LogP contribution >= 0.6 is 12.4 Å². The zero-order valence-electron chi connectivity index (χ0n) is 15.7. The lowest BCUT2D eigenvalue weighted by Crippen LogP contribution is -2.53. The molecule has 5 rings (SSSR count). The van der Waals surface area contributed by atoms with Gasteiger partial charge in [0.1, 0.15) is 0 Å². The van der Waals surface area contributed by atoms with Gasteiger partial charge in [-0.3, -0.25) is 9.59 Å². The number of nitrogens with two attached hydrogens (primary N) is 1. The van der Waals surface area contributed by atoms with Crippen LogP contribution in [0.15, 0.2) is 24.3 Å². The minimum atomic E-state index is -0.111. The summed E-state index contributed by atoms with van der Waals surface area (Å²) in [7, 11) is 0. The van der Waals surface area contributed by atoms with Gasteiger partial charge in [-0.15, -0.1) is 12.4 Å². The van der Waals surface area contributed by atoms with Gasteiger partial charge in [0.05, 0.1) is 0 Å². The van der Waals surface area contributed by atoms with Gasteiger partial charge in [0.2, 0.25) is 5.91 Å². The van der Waals surface area contributed by atoms with Crippen LogP contribution in [0.25, 0.3) is 0 Å². The molecule has 0 radical (unpaired) electrons. The Morgan fingerprint density at radius 3 is 2.04 bits per heavy atom. The van der Waals surface area contributed by atoms with Crippen LogP contribution in [0.1, 0.15) is 54.4 Å². The van der Waals surface area contributed by atoms with E-state index in [1.807, 2.05) is 12.1 Å². The Kier molecular flexibility index (Phi) is 6.11. The summed E-state index contributed by atoms with van der Waals surface area (Å²) in [6, 6.07) is 7.44. The Hall–Kier alpha value is -1.59. The first kappa shape index (κ1) is 20.2. The van der Waals surface area contributed by atoms with Crippen LogP contribution in [0.2, 0.25) is 0 Å². The SMILES string of the molecule is Cl.NCCNC(=O)c1ccc(CNC(=O)C23CC4CC(CC(C4)C2)C3)cc1. The van der Waals surface area contributed by atoms with Gasteiger partial charge < -0.3 is 16.4 Å². The van der Waals surface area contributed by atoms with Crippen molar-refractivity contribution in [1.29, 1.82) is 0 Å². The third-order valence-electron chi connectivity index (χ3n) is 6.62. The van der Waals surface area contributed by atoms with E-state index in [9.17, 15) is 9.59 Å². The van der Waals surface area contributed by atoms with E-state index in [0.717, 1.165) is 42.6 Å². The lowest BCUT2D eigenvalue weighted by Gasteiger charge is -2.55. The Balaban J connectivity index is 0.00000210. The molecule has 4 saturated carbocycles. The van der Waals surface area contributed by atoms with Crippen LogP contribution in [0.3, 0.4) is 0 Å². The van der Waals surface area contributed by atoms with Crippen molar-refractivity contribution in [1.82, 2.24) is 10.6 Å². The van der Waals surface area contributed by atoms with Crippen molar-refractivity contribution in [2.75, 3.05) is 13.1 Å². The molecule has 0 aromatic heterocycles. The second-order valence-electron chi connectivity index (χ2n) is 8.62. The number of carbonyl (C=O) groups excluding carboxylic acids is 2. The predicted molar refractivity (Wildman–Crippen MR) is 108 cm³/mol. The first-order valence-electron chi connectivity index (χ1n) is 9.93. The van der Waals surface area contributed by atoms with E-state index in [0.29, 0.717) is 25.2 Å². The molecule has 27 heavy (non-hydrogen) atoms. The van der Waals surface area contributed by atoms with Crippen LogP contribution in [-0.4, -0.2) is 24.9 Å².